The molecule has 1 aromatic rings. The summed E-state index contributed by atoms with van der Waals surface area (Å²) in [6.07, 6.45) is 6.94. The van der Waals surface area contributed by atoms with Crippen molar-refractivity contribution in [2.45, 2.75) is 56.9 Å². The van der Waals surface area contributed by atoms with E-state index in [9.17, 15) is 9.59 Å². The molecule has 3 rings (SSSR count). The van der Waals surface area contributed by atoms with Gasteiger partial charge in [-0.15, -0.1) is 0 Å². The van der Waals surface area contributed by atoms with Gasteiger partial charge in [-0.2, -0.15) is 0 Å². The summed E-state index contributed by atoms with van der Waals surface area (Å²) in [5.74, 6) is 0.295. The number of methoxy groups -OCH3 is 1. The van der Waals surface area contributed by atoms with E-state index < -0.39 is 5.54 Å². The molecule has 0 radical (unpaired) electrons. The van der Waals surface area contributed by atoms with E-state index in [-0.39, 0.29) is 11.8 Å². The molecule has 2 aliphatic rings. The summed E-state index contributed by atoms with van der Waals surface area (Å²) in [5, 5.41) is 0. The van der Waals surface area contributed by atoms with E-state index >= 15 is 0 Å². The minimum absolute atomic E-state index is 0.140. The number of carbonyl (C=O) groups excluding carboxylic acids is 2. The molecule has 0 aliphatic carbocycles. The summed E-state index contributed by atoms with van der Waals surface area (Å²) in [5.41, 5.74) is 0.738. The minimum atomic E-state index is -0.581. The number of carbonyl (C=O) groups is 2. The van der Waals surface area contributed by atoms with Gasteiger partial charge >= 0.3 is 0 Å². The van der Waals surface area contributed by atoms with Gasteiger partial charge in [0.1, 0.15) is 5.54 Å². The van der Waals surface area contributed by atoms with Crippen molar-refractivity contribution in [2.75, 3.05) is 33.4 Å². The Morgan fingerprint density at radius 2 is 1.85 bits per heavy atom. The maximum Gasteiger partial charge on any atom is 0.248 e. The Bertz CT molecular complexity index is 634. The molecule has 2 saturated heterocycles. The van der Waals surface area contributed by atoms with Crippen LogP contribution in [0, 0.1) is 0 Å². The SMILES string of the molecule is COCCN1CCCC2(CCCN2C(=O)CCCCc2ccccc2)C1=O. The fourth-order valence-corrected chi connectivity index (χ4v) is 4.59. The number of nitrogens with zero attached hydrogens (tertiary/aromatic N) is 2. The van der Waals surface area contributed by atoms with E-state index in [1.165, 1.54) is 5.56 Å². The normalized spacial score (nSPS) is 22.6. The zero-order chi connectivity index (χ0) is 19.1. The largest absolute Gasteiger partial charge is 0.383 e. The van der Waals surface area contributed by atoms with Gasteiger partial charge in [-0.3, -0.25) is 9.59 Å². The molecule has 0 bridgehead atoms. The molecule has 1 atom stereocenters. The Hall–Kier alpha value is -1.88. The van der Waals surface area contributed by atoms with Crippen LogP contribution in [0.1, 0.15) is 50.5 Å². The van der Waals surface area contributed by atoms with Crippen molar-refractivity contribution in [3.63, 3.8) is 0 Å². The van der Waals surface area contributed by atoms with Gasteiger partial charge in [-0.25, -0.2) is 0 Å². The molecule has 5 heteroatoms. The highest BCUT2D eigenvalue weighted by Crippen LogP contribution is 2.38. The molecule has 0 saturated carbocycles. The highest BCUT2D eigenvalue weighted by molar-refractivity contribution is 5.92. The molecule has 1 unspecified atom stereocenters. The van der Waals surface area contributed by atoms with Crippen molar-refractivity contribution in [1.29, 1.82) is 0 Å². The summed E-state index contributed by atoms with van der Waals surface area (Å²) >= 11 is 0. The molecule has 2 fully saturated rings. The van der Waals surface area contributed by atoms with Gasteiger partial charge in [-0.05, 0) is 50.5 Å². The molecular formula is C22H32N2O3. The molecule has 2 heterocycles. The number of hydrogen-bond donors (Lipinski definition) is 0. The number of rotatable bonds is 8. The number of ether oxygens (including phenoxy) is 1. The summed E-state index contributed by atoms with van der Waals surface area (Å²) in [6.45, 7) is 2.68. The van der Waals surface area contributed by atoms with Crippen molar-refractivity contribution < 1.29 is 14.3 Å². The lowest BCUT2D eigenvalue weighted by atomic mass is 9.85. The van der Waals surface area contributed by atoms with Crippen LogP contribution in [0.3, 0.4) is 0 Å². The van der Waals surface area contributed by atoms with E-state index in [4.69, 9.17) is 4.74 Å². The van der Waals surface area contributed by atoms with E-state index in [1.54, 1.807) is 7.11 Å². The second-order valence-corrected chi connectivity index (χ2v) is 7.76. The number of piperidine rings is 1. The molecule has 0 aromatic heterocycles. The van der Waals surface area contributed by atoms with Crippen LogP contribution in [0.2, 0.25) is 0 Å². The number of benzene rings is 1. The Balaban J connectivity index is 1.54. The first-order valence-electron chi connectivity index (χ1n) is 10.3. The molecule has 2 aliphatic heterocycles. The van der Waals surface area contributed by atoms with Crippen LogP contribution in [0.25, 0.3) is 0 Å². The molecule has 2 amide bonds. The van der Waals surface area contributed by atoms with Crippen molar-refractivity contribution in [3.8, 4) is 0 Å². The van der Waals surface area contributed by atoms with E-state index in [1.807, 2.05) is 15.9 Å². The number of likely N-dealkylation sites (tertiary alicyclic amines) is 2. The molecule has 1 spiro atoms. The number of amides is 2. The van der Waals surface area contributed by atoms with Gasteiger partial charge in [-0.1, -0.05) is 30.3 Å². The van der Waals surface area contributed by atoms with Crippen LogP contribution < -0.4 is 0 Å². The van der Waals surface area contributed by atoms with Gasteiger partial charge in [0.25, 0.3) is 0 Å². The van der Waals surface area contributed by atoms with Crippen molar-refractivity contribution in [3.05, 3.63) is 35.9 Å². The van der Waals surface area contributed by atoms with Gasteiger partial charge in [0.2, 0.25) is 11.8 Å². The standard InChI is InChI=1S/C22H32N2O3/c1-27-18-17-23-15-7-13-22(21(23)26)14-8-16-24(22)20(25)12-6-5-11-19-9-3-2-4-10-19/h2-4,9-10H,5-8,11-18H2,1H3. The van der Waals surface area contributed by atoms with E-state index in [0.717, 1.165) is 58.0 Å². The Morgan fingerprint density at radius 1 is 1.11 bits per heavy atom. The number of unbranched alkanes of at least 4 members (excludes halogenated alkanes) is 1. The first-order chi connectivity index (χ1) is 13.2. The van der Waals surface area contributed by atoms with Crippen LogP contribution in [0.15, 0.2) is 30.3 Å². The Labute approximate surface area is 162 Å². The van der Waals surface area contributed by atoms with Crippen LogP contribution in [-0.2, 0) is 20.7 Å². The summed E-state index contributed by atoms with van der Waals surface area (Å²) in [7, 11) is 1.66. The fourth-order valence-electron chi connectivity index (χ4n) is 4.59. The van der Waals surface area contributed by atoms with Gasteiger partial charge in [0.05, 0.1) is 6.61 Å². The fraction of sp³-hybridized carbons (Fsp3) is 0.636. The Morgan fingerprint density at radius 3 is 2.59 bits per heavy atom. The second kappa shape index (κ2) is 9.36. The number of aryl methyl sites for hydroxylation is 1. The highest BCUT2D eigenvalue weighted by atomic mass is 16.5. The average molecular weight is 373 g/mol. The average Bonchev–Trinajstić information content (AvgIpc) is 3.12. The Kier molecular flexibility index (Phi) is 6.89. The van der Waals surface area contributed by atoms with Crippen LogP contribution >= 0.6 is 0 Å². The van der Waals surface area contributed by atoms with Crippen molar-refractivity contribution in [1.82, 2.24) is 9.80 Å². The van der Waals surface area contributed by atoms with E-state index in [2.05, 4.69) is 24.3 Å². The molecule has 0 N–H and O–H groups in total. The number of hydrogen-bond acceptors (Lipinski definition) is 3. The van der Waals surface area contributed by atoms with Crippen LogP contribution in [0.4, 0.5) is 0 Å². The third-order valence-electron chi connectivity index (χ3n) is 6.01. The first kappa shape index (κ1) is 19.9. The van der Waals surface area contributed by atoms with Gasteiger partial charge < -0.3 is 14.5 Å². The zero-order valence-electron chi connectivity index (χ0n) is 16.5. The maximum absolute atomic E-state index is 13.2. The third-order valence-corrected chi connectivity index (χ3v) is 6.01. The summed E-state index contributed by atoms with van der Waals surface area (Å²) in [4.78, 5) is 29.9. The smallest absolute Gasteiger partial charge is 0.248 e. The monoisotopic (exact) mass is 372 g/mol. The predicted molar refractivity (Wildman–Crippen MR) is 105 cm³/mol. The minimum Gasteiger partial charge on any atom is -0.383 e. The zero-order valence-corrected chi connectivity index (χ0v) is 16.5. The highest BCUT2D eigenvalue weighted by Gasteiger charge is 2.52. The molecular weight excluding hydrogens is 340 g/mol. The summed E-state index contributed by atoms with van der Waals surface area (Å²) in [6, 6.07) is 10.4. The lowest BCUT2D eigenvalue weighted by Crippen LogP contribution is -2.61. The maximum atomic E-state index is 13.2. The lowest BCUT2D eigenvalue weighted by Gasteiger charge is -2.44. The van der Waals surface area contributed by atoms with Gasteiger partial charge in [0.15, 0.2) is 0 Å². The lowest BCUT2D eigenvalue weighted by molar-refractivity contribution is -0.155. The summed E-state index contributed by atoms with van der Waals surface area (Å²) < 4.78 is 5.15. The quantitative estimate of drug-likeness (QED) is 0.659. The van der Waals surface area contributed by atoms with E-state index in [0.29, 0.717) is 19.6 Å². The predicted octanol–water partition coefficient (Wildman–Crippen LogP) is 3.03. The topological polar surface area (TPSA) is 49.9 Å². The van der Waals surface area contributed by atoms with Crippen molar-refractivity contribution >= 4 is 11.8 Å². The molecule has 148 valence electrons. The molecule has 5 nitrogen and oxygen atoms in total. The second-order valence-electron chi connectivity index (χ2n) is 7.76. The third kappa shape index (κ3) is 4.52. The van der Waals surface area contributed by atoms with Crippen molar-refractivity contribution in [2.24, 2.45) is 0 Å². The molecule has 1 aromatic carbocycles. The van der Waals surface area contributed by atoms with Crippen LogP contribution in [-0.4, -0.2) is 60.5 Å². The molecule has 27 heavy (non-hydrogen) atoms. The van der Waals surface area contributed by atoms with Crippen LogP contribution in [0.5, 0.6) is 0 Å². The van der Waals surface area contributed by atoms with Gasteiger partial charge in [0, 0.05) is 33.2 Å². The first-order valence-corrected chi connectivity index (χ1v) is 10.3.